The molecule has 0 fully saturated rings. The fourth-order valence-electron chi connectivity index (χ4n) is 1.78. The minimum atomic E-state index is -0.269. The van der Waals surface area contributed by atoms with E-state index in [2.05, 4.69) is 31.8 Å². The molecule has 0 bridgehead atoms. The molecule has 0 aliphatic rings. The van der Waals surface area contributed by atoms with Gasteiger partial charge in [-0.05, 0) is 45.8 Å². The van der Waals surface area contributed by atoms with Gasteiger partial charge in [0.1, 0.15) is 0 Å². The lowest BCUT2D eigenvalue weighted by atomic mass is 10.2. The van der Waals surface area contributed by atoms with Gasteiger partial charge < -0.3 is 15.2 Å². The van der Waals surface area contributed by atoms with Crippen LogP contribution < -0.4 is 15.5 Å². The van der Waals surface area contributed by atoms with Crippen LogP contribution in [0.4, 0.5) is 5.69 Å². The van der Waals surface area contributed by atoms with E-state index < -0.39 is 0 Å². The summed E-state index contributed by atoms with van der Waals surface area (Å²) < 4.78 is 5.52. The van der Waals surface area contributed by atoms with Crippen LogP contribution in [0.2, 0.25) is 0 Å². The molecule has 2 aromatic carbocycles. The second-order valence-corrected chi connectivity index (χ2v) is 5.42. The summed E-state index contributed by atoms with van der Waals surface area (Å²) in [6.45, 7) is 0.115. The monoisotopic (exact) mass is 377 g/mol. The van der Waals surface area contributed by atoms with Crippen molar-refractivity contribution < 1.29 is 14.6 Å². The van der Waals surface area contributed by atoms with Crippen molar-refractivity contribution in [2.24, 2.45) is 5.10 Å². The first-order valence-corrected chi connectivity index (χ1v) is 7.57. The largest absolute Gasteiger partial charge is 0.503 e. The molecule has 3 N–H and O–H groups in total. The number of amides is 1. The van der Waals surface area contributed by atoms with Crippen LogP contribution in [0.3, 0.4) is 0 Å². The SMILES string of the molecule is COc1cc(/C=N\NC(=O)CNc2ccccc2)cc(Br)c1O. The second kappa shape index (κ2) is 8.19. The van der Waals surface area contributed by atoms with Gasteiger partial charge in [0, 0.05) is 5.69 Å². The number of ether oxygens (including phenoxy) is 1. The van der Waals surface area contributed by atoms with Crippen LogP contribution in [-0.2, 0) is 4.79 Å². The molecular weight excluding hydrogens is 362 g/mol. The average molecular weight is 378 g/mol. The topological polar surface area (TPSA) is 83.0 Å². The number of hydrogen-bond donors (Lipinski definition) is 3. The lowest BCUT2D eigenvalue weighted by Crippen LogP contribution is -2.25. The maximum atomic E-state index is 11.7. The Kier molecular flexibility index (Phi) is 5.99. The summed E-state index contributed by atoms with van der Waals surface area (Å²) in [7, 11) is 1.46. The van der Waals surface area contributed by atoms with Gasteiger partial charge in [0.15, 0.2) is 11.5 Å². The predicted molar refractivity (Wildman–Crippen MR) is 93.0 cm³/mol. The van der Waals surface area contributed by atoms with E-state index >= 15 is 0 Å². The highest BCUT2D eigenvalue weighted by atomic mass is 79.9. The Morgan fingerprint density at radius 3 is 2.78 bits per heavy atom. The number of hydrogen-bond acceptors (Lipinski definition) is 5. The molecule has 23 heavy (non-hydrogen) atoms. The third-order valence-corrected chi connectivity index (χ3v) is 3.50. The Bertz CT molecular complexity index is 705. The Morgan fingerprint density at radius 2 is 2.09 bits per heavy atom. The van der Waals surface area contributed by atoms with Crippen LogP contribution in [0.15, 0.2) is 52.0 Å². The van der Waals surface area contributed by atoms with Crippen molar-refractivity contribution in [3.63, 3.8) is 0 Å². The summed E-state index contributed by atoms with van der Waals surface area (Å²) in [6.07, 6.45) is 1.47. The lowest BCUT2D eigenvalue weighted by molar-refractivity contribution is -0.119. The van der Waals surface area contributed by atoms with Crippen LogP contribution in [0.25, 0.3) is 0 Å². The summed E-state index contributed by atoms with van der Waals surface area (Å²) in [5.74, 6) is 0.0635. The minimum Gasteiger partial charge on any atom is -0.503 e. The zero-order chi connectivity index (χ0) is 16.7. The molecule has 0 atom stereocenters. The number of hydrazone groups is 1. The highest BCUT2D eigenvalue weighted by Gasteiger charge is 2.07. The van der Waals surface area contributed by atoms with Gasteiger partial charge in [0.25, 0.3) is 5.91 Å². The molecule has 0 aliphatic carbocycles. The third-order valence-electron chi connectivity index (χ3n) is 2.90. The predicted octanol–water partition coefficient (Wildman–Crippen LogP) is 2.73. The van der Waals surface area contributed by atoms with Gasteiger partial charge in [-0.2, -0.15) is 5.10 Å². The fraction of sp³-hybridized carbons (Fsp3) is 0.125. The average Bonchev–Trinajstić information content (AvgIpc) is 2.57. The Hall–Kier alpha value is -2.54. The Labute approximate surface area is 142 Å². The summed E-state index contributed by atoms with van der Waals surface area (Å²) in [4.78, 5) is 11.7. The van der Waals surface area contributed by atoms with Crippen LogP contribution in [-0.4, -0.2) is 30.9 Å². The second-order valence-electron chi connectivity index (χ2n) is 4.57. The van der Waals surface area contributed by atoms with Crippen molar-refractivity contribution in [1.82, 2.24) is 5.43 Å². The van der Waals surface area contributed by atoms with Crippen molar-refractivity contribution >= 4 is 33.7 Å². The molecule has 0 saturated carbocycles. The molecular formula is C16H16BrN3O3. The lowest BCUT2D eigenvalue weighted by Gasteiger charge is -2.06. The summed E-state index contributed by atoms with van der Waals surface area (Å²) >= 11 is 3.22. The molecule has 2 rings (SSSR count). The number of aromatic hydroxyl groups is 1. The summed E-state index contributed by atoms with van der Waals surface area (Å²) in [6, 6.07) is 12.7. The van der Waals surface area contributed by atoms with Crippen LogP contribution >= 0.6 is 15.9 Å². The number of anilines is 1. The van der Waals surface area contributed by atoms with Gasteiger partial charge in [-0.1, -0.05) is 18.2 Å². The number of nitrogens with one attached hydrogen (secondary N) is 2. The first-order chi connectivity index (χ1) is 11.1. The number of nitrogens with zero attached hydrogens (tertiary/aromatic N) is 1. The van der Waals surface area contributed by atoms with Crippen molar-refractivity contribution in [3.05, 3.63) is 52.5 Å². The van der Waals surface area contributed by atoms with Gasteiger partial charge in [-0.15, -0.1) is 0 Å². The summed E-state index contributed by atoms with van der Waals surface area (Å²) in [5.41, 5.74) is 3.95. The van der Waals surface area contributed by atoms with E-state index in [4.69, 9.17) is 4.74 Å². The van der Waals surface area contributed by atoms with Crippen LogP contribution in [0.1, 0.15) is 5.56 Å². The number of halogens is 1. The number of benzene rings is 2. The molecule has 2 aromatic rings. The molecule has 120 valence electrons. The zero-order valence-corrected chi connectivity index (χ0v) is 14.0. The van der Waals surface area contributed by atoms with Gasteiger partial charge in [0.2, 0.25) is 0 Å². The van der Waals surface area contributed by atoms with Crippen LogP contribution in [0.5, 0.6) is 11.5 Å². The molecule has 0 unspecified atom stereocenters. The Morgan fingerprint density at radius 1 is 1.35 bits per heavy atom. The number of rotatable bonds is 6. The summed E-state index contributed by atoms with van der Waals surface area (Å²) in [5, 5.41) is 16.6. The van der Waals surface area contributed by atoms with E-state index in [-0.39, 0.29) is 18.2 Å². The van der Waals surface area contributed by atoms with E-state index in [1.54, 1.807) is 12.1 Å². The smallest absolute Gasteiger partial charge is 0.259 e. The fourth-order valence-corrected chi connectivity index (χ4v) is 2.24. The highest BCUT2D eigenvalue weighted by Crippen LogP contribution is 2.34. The first kappa shape index (κ1) is 16.8. The number of carbonyl (C=O) groups is 1. The molecule has 0 heterocycles. The number of phenolic OH excluding ortho intramolecular Hbond substituents is 1. The number of para-hydroxylation sites is 1. The van der Waals surface area contributed by atoms with E-state index in [0.29, 0.717) is 15.8 Å². The van der Waals surface area contributed by atoms with Gasteiger partial charge in [0.05, 0.1) is 24.3 Å². The molecule has 7 heteroatoms. The first-order valence-electron chi connectivity index (χ1n) is 6.77. The number of phenols is 1. The Balaban J connectivity index is 1.89. The van der Waals surface area contributed by atoms with Crippen molar-refractivity contribution in [3.8, 4) is 11.5 Å². The zero-order valence-electron chi connectivity index (χ0n) is 12.4. The van der Waals surface area contributed by atoms with E-state index in [1.807, 2.05) is 30.3 Å². The number of methoxy groups -OCH3 is 1. The van der Waals surface area contributed by atoms with E-state index in [0.717, 1.165) is 5.69 Å². The maximum Gasteiger partial charge on any atom is 0.259 e. The van der Waals surface area contributed by atoms with Crippen LogP contribution in [0, 0.1) is 0 Å². The van der Waals surface area contributed by atoms with Crippen molar-refractivity contribution in [2.75, 3.05) is 19.0 Å². The number of carbonyl (C=O) groups excluding carboxylic acids is 1. The van der Waals surface area contributed by atoms with Gasteiger partial charge in [-0.3, -0.25) is 4.79 Å². The molecule has 0 spiro atoms. The third kappa shape index (κ3) is 5.00. The maximum absolute atomic E-state index is 11.7. The normalized spacial score (nSPS) is 10.5. The minimum absolute atomic E-state index is 0.0146. The van der Waals surface area contributed by atoms with E-state index in [1.165, 1.54) is 13.3 Å². The molecule has 0 radical (unpaired) electrons. The quantitative estimate of drug-likeness (QED) is 0.533. The molecule has 6 nitrogen and oxygen atoms in total. The molecule has 0 aliphatic heterocycles. The van der Waals surface area contributed by atoms with Gasteiger partial charge in [-0.25, -0.2) is 5.43 Å². The van der Waals surface area contributed by atoms with Crippen molar-refractivity contribution in [1.29, 1.82) is 0 Å². The highest BCUT2D eigenvalue weighted by molar-refractivity contribution is 9.10. The van der Waals surface area contributed by atoms with Gasteiger partial charge >= 0.3 is 0 Å². The van der Waals surface area contributed by atoms with E-state index in [9.17, 15) is 9.90 Å². The molecule has 1 amide bonds. The molecule has 0 saturated heterocycles. The standard InChI is InChI=1S/C16H16BrN3O3/c1-23-14-8-11(7-13(17)16(14)22)9-19-20-15(21)10-18-12-5-3-2-4-6-12/h2-9,18,22H,10H2,1H3,(H,20,21)/b19-9-. The molecule has 0 aromatic heterocycles. The van der Waals surface area contributed by atoms with Crippen molar-refractivity contribution in [2.45, 2.75) is 0 Å².